The van der Waals surface area contributed by atoms with Crippen molar-refractivity contribution in [3.05, 3.63) is 42.2 Å². The molecule has 1 unspecified atom stereocenters. The smallest absolute Gasteiger partial charge is 0.159 e. The Morgan fingerprint density at radius 1 is 1.30 bits per heavy atom. The van der Waals surface area contributed by atoms with Gasteiger partial charge < -0.3 is 19.5 Å². The molecule has 122 valence electrons. The predicted molar refractivity (Wildman–Crippen MR) is 86.1 cm³/mol. The minimum absolute atomic E-state index is 0.0907. The molecule has 6 heteroatoms. The summed E-state index contributed by atoms with van der Waals surface area (Å²) < 4.78 is 11.5. The molecular formula is C17H21N3O3. The number of benzene rings is 1. The average Bonchev–Trinajstić information content (AvgIpc) is 2.60. The second kappa shape index (κ2) is 7.50. The number of aliphatic hydroxyl groups excluding tert-OH is 1. The van der Waals surface area contributed by atoms with E-state index < -0.39 is 0 Å². The van der Waals surface area contributed by atoms with E-state index in [1.165, 1.54) is 0 Å². The number of aromatic nitrogens is 2. The van der Waals surface area contributed by atoms with E-state index in [-0.39, 0.29) is 12.7 Å². The van der Waals surface area contributed by atoms with E-state index in [0.717, 1.165) is 31.0 Å². The van der Waals surface area contributed by atoms with Gasteiger partial charge in [0.1, 0.15) is 18.5 Å². The van der Waals surface area contributed by atoms with Crippen LogP contribution in [0.1, 0.15) is 5.69 Å². The summed E-state index contributed by atoms with van der Waals surface area (Å²) in [5.74, 6) is 1.39. The van der Waals surface area contributed by atoms with Gasteiger partial charge in [0.15, 0.2) is 5.82 Å². The second-order valence-corrected chi connectivity index (χ2v) is 5.62. The zero-order chi connectivity index (χ0) is 16.1. The lowest BCUT2D eigenvalue weighted by atomic mass is 10.2. The Hall–Kier alpha value is -2.02. The molecule has 1 N–H and O–H groups in total. The molecule has 1 aliphatic heterocycles. The summed E-state index contributed by atoms with van der Waals surface area (Å²) in [6.07, 6.45) is 1.76. The number of hydrogen-bond acceptors (Lipinski definition) is 6. The van der Waals surface area contributed by atoms with Gasteiger partial charge >= 0.3 is 0 Å². The van der Waals surface area contributed by atoms with Crippen LogP contribution in [0.4, 0.5) is 0 Å². The largest absolute Gasteiger partial charge is 0.491 e. The van der Waals surface area contributed by atoms with Gasteiger partial charge in [0.05, 0.1) is 18.9 Å². The van der Waals surface area contributed by atoms with Crippen LogP contribution in [0.15, 0.2) is 36.5 Å². The van der Waals surface area contributed by atoms with Crippen LogP contribution >= 0.6 is 0 Å². The Labute approximate surface area is 135 Å². The van der Waals surface area contributed by atoms with Gasteiger partial charge in [-0.25, -0.2) is 9.97 Å². The Bertz CT molecular complexity index is 633. The van der Waals surface area contributed by atoms with Crippen LogP contribution in [0.25, 0.3) is 11.4 Å². The van der Waals surface area contributed by atoms with E-state index in [1.807, 2.05) is 24.3 Å². The van der Waals surface area contributed by atoms with Crippen molar-refractivity contribution in [1.29, 1.82) is 0 Å². The number of morpholine rings is 1. The normalized spacial score (nSPS) is 18.8. The van der Waals surface area contributed by atoms with Crippen molar-refractivity contribution in [2.24, 2.45) is 0 Å². The fourth-order valence-electron chi connectivity index (χ4n) is 2.48. The third-order valence-electron chi connectivity index (χ3n) is 3.77. The molecule has 0 bridgehead atoms. The Morgan fingerprint density at radius 2 is 2.13 bits per heavy atom. The molecule has 0 saturated carbocycles. The minimum atomic E-state index is -0.0907. The van der Waals surface area contributed by atoms with Crippen LogP contribution in [-0.4, -0.2) is 59.4 Å². The fourth-order valence-corrected chi connectivity index (χ4v) is 2.48. The van der Waals surface area contributed by atoms with Crippen LogP contribution in [0, 0.1) is 0 Å². The molecule has 3 rings (SSSR count). The molecule has 6 nitrogen and oxygen atoms in total. The van der Waals surface area contributed by atoms with E-state index in [9.17, 15) is 0 Å². The molecule has 1 atom stereocenters. The molecule has 1 aliphatic rings. The van der Waals surface area contributed by atoms with E-state index in [4.69, 9.17) is 14.6 Å². The number of aliphatic hydroxyl groups is 1. The Morgan fingerprint density at radius 3 is 2.87 bits per heavy atom. The summed E-state index contributed by atoms with van der Waals surface area (Å²) in [7, 11) is 2.09. The molecule has 1 aromatic carbocycles. The zero-order valence-electron chi connectivity index (χ0n) is 13.2. The van der Waals surface area contributed by atoms with E-state index in [0.29, 0.717) is 18.1 Å². The molecule has 1 saturated heterocycles. The fraction of sp³-hybridized carbons (Fsp3) is 0.412. The van der Waals surface area contributed by atoms with Gasteiger partial charge in [-0.2, -0.15) is 0 Å². The summed E-state index contributed by atoms with van der Waals surface area (Å²) in [6.45, 7) is 3.06. The van der Waals surface area contributed by atoms with Crippen LogP contribution in [-0.2, 0) is 11.3 Å². The van der Waals surface area contributed by atoms with Crippen molar-refractivity contribution >= 4 is 0 Å². The maximum absolute atomic E-state index is 9.14. The van der Waals surface area contributed by atoms with E-state index >= 15 is 0 Å². The quantitative estimate of drug-likeness (QED) is 0.898. The molecule has 2 heterocycles. The van der Waals surface area contributed by atoms with Crippen molar-refractivity contribution in [3.8, 4) is 17.1 Å². The minimum Gasteiger partial charge on any atom is -0.491 e. The topological polar surface area (TPSA) is 67.7 Å². The van der Waals surface area contributed by atoms with Crippen molar-refractivity contribution in [2.45, 2.75) is 12.7 Å². The number of ether oxygens (including phenoxy) is 2. The number of hydrogen-bond donors (Lipinski definition) is 1. The highest BCUT2D eigenvalue weighted by Crippen LogP contribution is 2.20. The molecule has 1 aromatic heterocycles. The van der Waals surface area contributed by atoms with E-state index in [1.54, 1.807) is 12.3 Å². The molecule has 0 radical (unpaired) electrons. The van der Waals surface area contributed by atoms with Crippen LogP contribution in [0.3, 0.4) is 0 Å². The first-order chi connectivity index (χ1) is 11.2. The van der Waals surface area contributed by atoms with Crippen molar-refractivity contribution in [1.82, 2.24) is 14.9 Å². The molecule has 0 spiro atoms. The molecule has 23 heavy (non-hydrogen) atoms. The second-order valence-electron chi connectivity index (χ2n) is 5.62. The highest BCUT2D eigenvalue weighted by molar-refractivity contribution is 5.56. The lowest BCUT2D eigenvalue weighted by Gasteiger charge is -2.29. The lowest BCUT2D eigenvalue weighted by molar-refractivity contribution is -0.0403. The average molecular weight is 315 g/mol. The van der Waals surface area contributed by atoms with E-state index in [2.05, 4.69) is 21.9 Å². The van der Waals surface area contributed by atoms with Gasteiger partial charge in [-0.1, -0.05) is 0 Å². The Balaban J connectivity index is 1.60. The monoisotopic (exact) mass is 315 g/mol. The third kappa shape index (κ3) is 4.25. The zero-order valence-corrected chi connectivity index (χ0v) is 13.2. The molecule has 1 fully saturated rings. The number of nitrogens with zero attached hydrogens (tertiary/aromatic N) is 3. The number of likely N-dealkylation sites (N-methyl/N-ethyl adjacent to an activating group) is 1. The molecule has 0 aliphatic carbocycles. The third-order valence-corrected chi connectivity index (χ3v) is 3.77. The maximum Gasteiger partial charge on any atom is 0.159 e. The summed E-state index contributed by atoms with van der Waals surface area (Å²) in [6, 6.07) is 9.33. The first kappa shape index (κ1) is 15.9. The summed E-state index contributed by atoms with van der Waals surface area (Å²) >= 11 is 0. The molecule has 2 aromatic rings. The summed E-state index contributed by atoms with van der Waals surface area (Å²) in [4.78, 5) is 10.8. The van der Waals surface area contributed by atoms with Crippen molar-refractivity contribution in [3.63, 3.8) is 0 Å². The first-order valence-corrected chi connectivity index (χ1v) is 7.71. The molecular weight excluding hydrogens is 294 g/mol. The van der Waals surface area contributed by atoms with Crippen molar-refractivity contribution in [2.75, 3.05) is 33.4 Å². The maximum atomic E-state index is 9.14. The van der Waals surface area contributed by atoms with Crippen LogP contribution < -0.4 is 4.74 Å². The van der Waals surface area contributed by atoms with Crippen LogP contribution in [0.2, 0.25) is 0 Å². The van der Waals surface area contributed by atoms with Crippen molar-refractivity contribution < 1.29 is 14.6 Å². The Kier molecular flexibility index (Phi) is 5.17. The SMILES string of the molecule is CN1CCOC(COc2ccc(-c3nccc(CO)n3)cc2)C1. The van der Waals surface area contributed by atoms with Gasteiger partial charge in [0, 0.05) is 24.8 Å². The predicted octanol–water partition coefficient (Wildman–Crippen LogP) is 1.35. The van der Waals surface area contributed by atoms with Crippen LogP contribution in [0.5, 0.6) is 5.75 Å². The van der Waals surface area contributed by atoms with Gasteiger partial charge in [-0.05, 0) is 37.4 Å². The van der Waals surface area contributed by atoms with Gasteiger partial charge in [0.25, 0.3) is 0 Å². The highest BCUT2D eigenvalue weighted by Gasteiger charge is 2.18. The first-order valence-electron chi connectivity index (χ1n) is 7.71. The lowest BCUT2D eigenvalue weighted by Crippen LogP contribution is -2.42. The highest BCUT2D eigenvalue weighted by atomic mass is 16.5. The van der Waals surface area contributed by atoms with Gasteiger partial charge in [-0.3, -0.25) is 0 Å². The molecule has 0 amide bonds. The summed E-state index contributed by atoms with van der Waals surface area (Å²) in [5.41, 5.74) is 1.50. The van der Waals surface area contributed by atoms with Gasteiger partial charge in [-0.15, -0.1) is 0 Å². The van der Waals surface area contributed by atoms with Gasteiger partial charge in [0.2, 0.25) is 0 Å². The summed E-state index contributed by atoms with van der Waals surface area (Å²) in [5, 5.41) is 9.14. The standard InChI is InChI=1S/C17H21N3O3/c1-20-8-9-22-16(10-20)12-23-15-4-2-13(3-5-15)17-18-7-6-14(11-21)19-17/h2-7,16,21H,8-12H2,1H3. The number of rotatable bonds is 5.